The normalized spacial score (nSPS) is 11.7. The predicted octanol–water partition coefficient (Wildman–Crippen LogP) is 2.74. The molecule has 0 unspecified atom stereocenters. The van der Waals surface area contributed by atoms with Crippen LogP contribution in [0.4, 0.5) is 0 Å². The molecule has 0 aliphatic carbocycles. The van der Waals surface area contributed by atoms with Crippen molar-refractivity contribution in [2.45, 2.75) is 47.7 Å². The lowest BCUT2D eigenvalue weighted by Crippen LogP contribution is -2.36. The van der Waals surface area contributed by atoms with Crippen LogP contribution in [0.5, 0.6) is 0 Å². The summed E-state index contributed by atoms with van der Waals surface area (Å²) in [4.78, 5) is 13.5. The maximum Gasteiger partial charge on any atom is 0.214 e. The maximum atomic E-state index is 5.60. The summed E-state index contributed by atoms with van der Waals surface area (Å²) in [5.74, 6) is 3.00. The number of nitrogens with one attached hydrogen (secondary N) is 2. The first-order valence-corrected chi connectivity index (χ1v) is 9.40. The van der Waals surface area contributed by atoms with Crippen LogP contribution < -0.4 is 10.6 Å². The van der Waals surface area contributed by atoms with Crippen LogP contribution in [0.25, 0.3) is 5.82 Å². The molecule has 0 aliphatic heterocycles. The molecule has 0 aliphatic rings. The number of nitrogens with zero attached hydrogens (tertiary/aromatic N) is 5. The number of aliphatic imine (C=N–C) groups is 1. The second kappa shape index (κ2) is 8.69. The largest absolute Gasteiger partial charge is 0.444 e. The number of hydrogen-bond acceptors (Lipinski definition) is 5. The number of aromatic nitrogens is 4. The Hall–Kier alpha value is -3.16. The van der Waals surface area contributed by atoms with Gasteiger partial charge >= 0.3 is 0 Å². The van der Waals surface area contributed by atoms with Crippen LogP contribution in [0.15, 0.2) is 33.8 Å². The summed E-state index contributed by atoms with van der Waals surface area (Å²) in [6.07, 6.45) is 1.83. The molecule has 0 fully saturated rings. The van der Waals surface area contributed by atoms with E-state index in [0.29, 0.717) is 24.9 Å². The summed E-state index contributed by atoms with van der Waals surface area (Å²) >= 11 is 0. The highest BCUT2D eigenvalue weighted by Crippen LogP contribution is 2.11. The number of pyridine rings is 1. The van der Waals surface area contributed by atoms with E-state index in [1.807, 2.05) is 63.7 Å². The molecule has 0 amide bonds. The van der Waals surface area contributed by atoms with Crippen LogP contribution in [-0.2, 0) is 13.1 Å². The van der Waals surface area contributed by atoms with Gasteiger partial charge in [0.15, 0.2) is 11.8 Å². The summed E-state index contributed by atoms with van der Waals surface area (Å²) in [6.45, 7) is 11.6. The van der Waals surface area contributed by atoms with E-state index in [9.17, 15) is 0 Å². The van der Waals surface area contributed by atoms with Gasteiger partial charge in [0.05, 0.1) is 24.5 Å². The van der Waals surface area contributed by atoms with E-state index in [1.165, 1.54) is 0 Å². The van der Waals surface area contributed by atoms with Crippen molar-refractivity contribution in [3.63, 3.8) is 0 Å². The second-order valence-corrected chi connectivity index (χ2v) is 6.66. The van der Waals surface area contributed by atoms with Gasteiger partial charge in [-0.15, -0.1) is 0 Å². The van der Waals surface area contributed by atoms with E-state index in [1.54, 1.807) is 0 Å². The SMILES string of the molecule is CCNC(=NCc1ccc(-n2nc(C)cc2C)nc1)NCc1nc(C)c(C)o1. The predicted molar refractivity (Wildman–Crippen MR) is 108 cm³/mol. The first-order chi connectivity index (χ1) is 13.5. The molecule has 3 rings (SSSR count). The van der Waals surface area contributed by atoms with Crippen LogP contribution in [0.2, 0.25) is 0 Å². The molecule has 0 atom stereocenters. The molecule has 3 aromatic heterocycles. The Balaban J connectivity index is 1.64. The second-order valence-electron chi connectivity index (χ2n) is 6.66. The Kier molecular flexibility index (Phi) is 6.08. The van der Waals surface area contributed by atoms with Crippen molar-refractivity contribution in [1.29, 1.82) is 0 Å². The average molecular weight is 381 g/mol. The average Bonchev–Trinajstić information content (AvgIpc) is 3.18. The fraction of sp³-hybridized carbons (Fsp3) is 0.400. The van der Waals surface area contributed by atoms with Crippen molar-refractivity contribution >= 4 is 5.96 Å². The van der Waals surface area contributed by atoms with E-state index in [2.05, 4.69) is 30.7 Å². The van der Waals surface area contributed by atoms with Gasteiger partial charge in [-0.3, -0.25) is 0 Å². The molecule has 0 radical (unpaired) electrons. The molecule has 148 valence electrons. The third-order valence-corrected chi connectivity index (χ3v) is 4.28. The van der Waals surface area contributed by atoms with Gasteiger partial charge in [0.2, 0.25) is 5.89 Å². The van der Waals surface area contributed by atoms with Crippen LogP contribution >= 0.6 is 0 Å². The molecule has 3 heterocycles. The summed E-state index contributed by atoms with van der Waals surface area (Å²) in [5.41, 5.74) is 3.97. The van der Waals surface area contributed by atoms with E-state index >= 15 is 0 Å². The molecule has 0 saturated heterocycles. The molecule has 8 nitrogen and oxygen atoms in total. The van der Waals surface area contributed by atoms with Gasteiger partial charge in [0.25, 0.3) is 0 Å². The van der Waals surface area contributed by atoms with Gasteiger partial charge < -0.3 is 15.1 Å². The fourth-order valence-electron chi connectivity index (χ4n) is 2.78. The smallest absolute Gasteiger partial charge is 0.214 e. The molecule has 2 N–H and O–H groups in total. The molecule has 0 aromatic carbocycles. The Bertz CT molecular complexity index is 934. The van der Waals surface area contributed by atoms with E-state index in [-0.39, 0.29) is 0 Å². The number of guanidine groups is 1. The standard InChI is InChI=1S/C20H27N7O/c1-6-21-20(24-12-19-25-15(4)16(5)28-19)23-11-17-7-8-18(22-10-17)27-14(3)9-13(2)26-27/h7-10H,6,11-12H2,1-5H3,(H2,21,23,24). The van der Waals surface area contributed by atoms with Crippen LogP contribution in [-0.4, -0.2) is 32.3 Å². The minimum absolute atomic E-state index is 0.482. The Morgan fingerprint density at radius 3 is 2.57 bits per heavy atom. The first kappa shape index (κ1) is 19.6. The third-order valence-electron chi connectivity index (χ3n) is 4.28. The molecule has 28 heavy (non-hydrogen) atoms. The van der Waals surface area contributed by atoms with Crippen LogP contribution in [0, 0.1) is 27.7 Å². The molecule has 0 saturated carbocycles. The Morgan fingerprint density at radius 2 is 2.00 bits per heavy atom. The highest BCUT2D eigenvalue weighted by molar-refractivity contribution is 5.79. The number of rotatable bonds is 6. The molecule has 3 aromatic rings. The quantitative estimate of drug-likeness (QED) is 0.504. The lowest BCUT2D eigenvalue weighted by molar-refractivity contribution is 0.463. The Labute approximate surface area is 165 Å². The lowest BCUT2D eigenvalue weighted by atomic mass is 10.3. The fourth-order valence-corrected chi connectivity index (χ4v) is 2.78. The highest BCUT2D eigenvalue weighted by atomic mass is 16.4. The van der Waals surface area contributed by atoms with E-state index in [4.69, 9.17) is 4.42 Å². The first-order valence-electron chi connectivity index (χ1n) is 9.40. The highest BCUT2D eigenvalue weighted by Gasteiger charge is 2.07. The number of aryl methyl sites for hydroxylation is 4. The Morgan fingerprint density at radius 1 is 1.18 bits per heavy atom. The van der Waals surface area contributed by atoms with Crippen molar-refractivity contribution in [3.8, 4) is 5.82 Å². The topological polar surface area (TPSA) is 93.2 Å². The van der Waals surface area contributed by atoms with Gasteiger partial charge in [0, 0.05) is 18.4 Å². The minimum atomic E-state index is 0.482. The maximum absolute atomic E-state index is 5.60. The summed E-state index contributed by atoms with van der Waals surface area (Å²) in [5, 5.41) is 10.9. The van der Waals surface area contributed by atoms with E-state index in [0.717, 1.165) is 40.8 Å². The van der Waals surface area contributed by atoms with Crippen LogP contribution in [0.3, 0.4) is 0 Å². The monoisotopic (exact) mass is 381 g/mol. The van der Waals surface area contributed by atoms with Gasteiger partial charge in [0.1, 0.15) is 5.76 Å². The van der Waals surface area contributed by atoms with Crippen molar-refractivity contribution < 1.29 is 4.42 Å². The van der Waals surface area contributed by atoms with Crippen molar-refractivity contribution in [2.24, 2.45) is 4.99 Å². The number of oxazole rings is 1. The van der Waals surface area contributed by atoms with Gasteiger partial charge in [-0.25, -0.2) is 19.6 Å². The molecular weight excluding hydrogens is 354 g/mol. The van der Waals surface area contributed by atoms with Crippen molar-refractivity contribution in [3.05, 3.63) is 58.7 Å². The zero-order chi connectivity index (χ0) is 20.1. The van der Waals surface area contributed by atoms with Gasteiger partial charge in [-0.05, 0) is 52.3 Å². The van der Waals surface area contributed by atoms with Crippen LogP contribution in [0.1, 0.15) is 41.2 Å². The zero-order valence-electron chi connectivity index (χ0n) is 17.1. The third kappa shape index (κ3) is 4.76. The lowest BCUT2D eigenvalue weighted by Gasteiger charge is -2.10. The molecule has 8 heteroatoms. The van der Waals surface area contributed by atoms with Gasteiger partial charge in [-0.2, -0.15) is 5.10 Å². The zero-order valence-corrected chi connectivity index (χ0v) is 17.1. The van der Waals surface area contributed by atoms with Crippen molar-refractivity contribution in [1.82, 2.24) is 30.4 Å². The summed E-state index contributed by atoms with van der Waals surface area (Å²) in [7, 11) is 0. The summed E-state index contributed by atoms with van der Waals surface area (Å²) in [6, 6.07) is 6.01. The molecule has 0 bridgehead atoms. The molecular formula is C20H27N7O. The minimum Gasteiger partial charge on any atom is -0.444 e. The van der Waals surface area contributed by atoms with Crippen molar-refractivity contribution in [2.75, 3.05) is 6.54 Å². The number of hydrogen-bond donors (Lipinski definition) is 2. The summed E-state index contributed by atoms with van der Waals surface area (Å²) < 4.78 is 7.44. The molecule has 0 spiro atoms. The van der Waals surface area contributed by atoms with E-state index < -0.39 is 0 Å². The van der Waals surface area contributed by atoms with Gasteiger partial charge in [-0.1, -0.05) is 6.07 Å².